The van der Waals surface area contributed by atoms with Gasteiger partial charge in [0.15, 0.2) is 5.25 Å². The minimum Gasteiger partial charge on any atom is -0.468 e. The van der Waals surface area contributed by atoms with Crippen LogP contribution in [-0.4, -0.2) is 57.7 Å². The van der Waals surface area contributed by atoms with E-state index >= 15 is 0 Å². The average Bonchev–Trinajstić information content (AvgIpc) is 2.37. The second kappa shape index (κ2) is 6.49. The Labute approximate surface area is 109 Å². The lowest BCUT2D eigenvalue weighted by Crippen LogP contribution is -2.44. The highest BCUT2D eigenvalue weighted by Crippen LogP contribution is 2.15. The maximum absolute atomic E-state index is 12.1. The van der Waals surface area contributed by atoms with Crippen molar-refractivity contribution in [2.75, 3.05) is 33.8 Å². The van der Waals surface area contributed by atoms with Crippen molar-refractivity contribution in [2.24, 2.45) is 5.92 Å². The fourth-order valence-electron chi connectivity index (χ4n) is 2.10. The number of methoxy groups -OCH3 is 1. The zero-order valence-corrected chi connectivity index (χ0v) is 12.0. The highest BCUT2D eigenvalue weighted by molar-refractivity contribution is 7.90. The summed E-state index contributed by atoms with van der Waals surface area (Å²) in [6.07, 6.45) is 2.07. The minimum atomic E-state index is -3.62. The lowest BCUT2D eigenvalue weighted by molar-refractivity contribution is -0.139. The third-order valence-corrected chi connectivity index (χ3v) is 5.43. The Morgan fingerprint density at radius 3 is 2.72 bits per heavy atom. The van der Waals surface area contributed by atoms with Gasteiger partial charge in [0, 0.05) is 13.6 Å². The van der Waals surface area contributed by atoms with Crippen LogP contribution in [0.15, 0.2) is 0 Å². The number of nitrogens with zero attached hydrogens (tertiary/aromatic N) is 1. The third-order valence-electron chi connectivity index (χ3n) is 3.33. The molecule has 7 heteroatoms. The zero-order chi connectivity index (χ0) is 13.8. The van der Waals surface area contributed by atoms with Crippen LogP contribution < -0.4 is 5.32 Å². The summed E-state index contributed by atoms with van der Waals surface area (Å²) in [5.41, 5.74) is 0. The molecule has 1 saturated heterocycles. The highest BCUT2D eigenvalue weighted by Gasteiger charge is 2.33. The predicted octanol–water partition coefficient (Wildman–Crippen LogP) is -0.191. The number of piperidine rings is 1. The van der Waals surface area contributed by atoms with Crippen LogP contribution in [0, 0.1) is 5.92 Å². The van der Waals surface area contributed by atoms with Gasteiger partial charge < -0.3 is 10.1 Å². The topological polar surface area (TPSA) is 75.7 Å². The van der Waals surface area contributed by atoms with E-state index in [2.05, 4.69) is 10.1 Å². The van der Waals surface area contributed by atoms with Crippen LogP contribution in [0.5, 0.6) is 0 Å². The van der Waals surface area contributed by atoms with E-state index in [0.29, 0.717) is 12.5 Å². The SMILES string of the molecule is COC(=O)C(C)S(=O)(=O)N(C)CC1CCCNC1. The summed E-state index contributed by atoms with van der Waals surface area (Å²) in [5.74, 6) is -0.410. The quantitative estimate of drug-likeness (QED) is 0.705. The van der Waals surface area contributed by atoms with Crippen molar-refractivity contribution >= 4 is 16.0 Å². The lowest BCUT2D eigenvalue weighted by Gasteiger charge is -2.28. The number of hydrogen-bond acceptors (Lipinski definition) is 5. The Morgan fingerprint density at radius 2 is 2.22 bits per heavy atom. The Morgan fingerprint density at radius 1 is 1.56 bits per heavy atom. The normalized spacial score (nSPS) is 22.8. The van der Waals surface area contributed by atoms with Gasteiger partial charge in [-0.25, -0.2) is 12.7 Å². The van der Waals surface area contributed by atoms with Crippen molar-refractivity contribution in [3.63, 3.8) is 0 Å². The molecule has 0 aromatic rings. The predicted molar refractivity (Wildman–Crippen MR) is 68.6 cm³/mol. The molecular weight excluding hydrogens is 256 g/mol. The molecule has 1 rings (SSSR count). The van der Waals surface area contributed by atoms with Crippen molar-refractivity contribution < 1.29 is 17.9 Å². The van der Waals surface area contributed by atoms with Crippen molar-refractivity contribution in [1.82, 2.24) is 9.62 Å². The number of hydrogen-bond donors (Lipinski definition) is 1. The molecule has 0 spiro atoms. The van der Waals surface area contributed by atoms with Crippen LogP contribution in [0.1, 0.15) is 19.8 Å². The summed E-state index contributed by atoms with van der Waals surface area (Å²) in [6.45, 7) is 3.62. The molecule has 0 saturated carbocycles. The maximum Gasteiger partial charge on any atom is 0.325 e. The summed E-state index contributed by atoms with van der Waals surface area (Å²) in [5, 5.41) is 2.09. The molecule has 1 aliphatic rings. The van der Waals surface area contributed by atoms with Crippen LogP contribution in [0.4, 0.5) is 0 Å². The fourth-order valence-corrected chi connectivity index (χ4v) is 3.40. The Bertz CT molecular complexity index is 377. The monoisotopic (exact) mass is 278 g/mol. The maximum atomic E-state index is 12.1. The molecule has 1 fully saturated rings. The van der Waals surface area contributed by atoms with E-state index in [4.69, 9.17) is 0 Å². The van der Waals surface area contributed by atoms with E-state index in [-0.39, 0.29) is 0 Å². The van der Waals surface area contributed by atoms with Crippen LogP contribution >= 0.6 is 0 Å². The van der Waals surface area contributed by atoms with Gasteiger partial charge >= 0.3 is 5.97 Å². The van der Waals surface area contributed by atoms with Crippen LogP contribution in [0.25, 0.3) is 0 Å². The molecule has 1 N–H and O–H groups in total. The van der Waals surface area contributed by atoms with Crippen LogP contribution in [-0.2, 0) is 19.6 Å². The summed E-state index contributed by atoms with van der Waals surface area (Å²) in [7, 11) is -0.908. The van der Waals surface area contributed by atoms with Crippen LogP contribution in [0.2, 0.25) is 0 Å². The molecule has 0 amide bonds. The van der Waals surface area contributed by atoms with Crippen molar-refractivity contribution in [3.8, 4) is 0 Å². The number of carbonyl (C=O) groups excluding carboxylic acids is 1. The molecule has 0 radical (unpaired) electrons. The first-order chi connectivity index (χ1) is 8.39. The number of carbonyl (C=O) groups is 1. The summed E-state index contributed by atoms with van der Waals surface area (Å²) < 4.78 is 30.0. The number of sulfonamides is 1. The fraction of sp³-hybridized carbons (Fsp3) is 0.909. The first kappa shape index (κ1) is 15.4. The smallest absolute Gasteiger partial charge is 0.325 e. The molecule has 6 nitrogen and oxygen atoms in total. The first-order valence-electron chi connectivity index (χ1n) is 6.13. The average molecular weight is 278 g/mol. The van der Waals surface area contributed by atoms with Gasteiger partial charge in [0.1, 0.15) is 0 Å². The molecule has 18 heavy (non-hydrogen) atoms. The zero-order valence-electron chi connectivity index (χ0n) is 11.2. The van der Waals surface area contributed by atoms with Crippen molar-refractivity contribution in [2.45, 2.75) is 25.0 Å². The summed E-state index contributed by atoms with van der Waals surface area (Å²) in [4.78, 5) is 11.3. The van der Waals surface area contributed by atoms with Gasteiger partial charge in [-0.1, -0.05) is 0 Å². The Balaban J connectivity index is 2.63. The van der Waals surface area contributed by atoms with Gasteiger partial charge in [-0.2, -0.15) is 0 Å². The molecule has 0 aliphatic carbocycles. The number of nitrogens with one attached hydrogen (secondary N) is 1. The Kier molecular flexibility index (Phi) is 5.55. The third kappa shape index (κ3) is 3.66. The van der Waals surface area contributed by atoms with E-state index in [1.54, 1.807) is 0 Å². The second-order valence-electron chi connectivity index (χ2n) is 4.70. The van der Waals surface area contributed by atoms with E-state index in [0.717, 1.165) is 25.9 Å². The van der Waals surface area contributed by atoms with E-state index in [1.165, 1.54) is 25.4 Å². The van der Waals surface area contributed by atoms with Gasteiger partial charge in [-0.15, -0.1) is 0 Å². The van der Waals surface area contributed by atoms with E-state index in [9.17, 15) is 13.2 Å². The number of ether oxygens (including phenoxy) is 1. The highest BCUT2D eigenvalue weighted by atomic mass is 32.2. The number of esters is 1. The number of rotatable bonds is 5. The summed E-state index contributed by atoms with van der Waals surface area (Å²) >= 11 is 0. The van der Waals surface area contributed by atoms with Gasteiger partial charge in [-0.05, 0) is 38.8 Å². The van der Waals surface area contributed by atoms with Crippen LogP contribution in [0.3, 0.4) is 0 Å². The van der Waals surface area contributed by atoms with Gasteiger partial charge in [0.2, 0.25) is 10.0 Å². The van der Waals surface area contributed by atoms with E-state index in [1.807, 2.05) is 0 Å². The lowest BCUT2D eigenvalue weighted by atomic mass is 10.00. The standard InChI is InChI=1S/C11H22N2O4S/c1-9(11(14)17-3)18(15,16)13(2)8-10-5-4-6-12-7-10/h9-10,12H,4-8H2,1-3H3. The molecule has 1 aliphatic heterocycles. The molecular formula is C11H22N2O4S. The van der Waals surface area contributed by atoms with Gasteiger partial charge in [0.25, 0.3) is 0 Å². The largest absolute Gasteiger partial charge is 0.468 e. The first-order valence-corrected chi connectivity index (χ1v) is 7.63. The molecule has 0 aromatic carbocycles. The minimum absolute atomic E-state index is 0.309. The molecule has 1 heterocycles. The van der Waals surface area contributed by atoms with Crippen molar-refractivity contribution in [3.05, 3.63) is 0 Å². The van der Waals surface area contributed by atoms with Gasteiger partial charge in [0.05, 0.1) is 7.11 Å². The van der Waals surface area contributed by atoms with E-state index < -0.39 is 21.2 Å². The molecule has 0 bridgehead atoms. The summed E-state index contributed by atoms with van der Waals surface area (Å²) in [6, 6.07) is 0. The molecule has 106 valence electrons. The van der Waals surface area contributed by atoms with Gasteiger partial charge in [-0.3, -0.25) is 4.79 Å². The second-order valence-corrected chi connectivity index (χ2v) is 7.06. The van der Waals surface area contributed by atoms with Crippen molar-refractivity contribution in [1.29, 1.82) is 0 Å². The molecule has 2 atom stereocenters. The Hall–Kier alpha value is -0.660. The molecule has 0 aromatic heterocycles. The molecule has 2 unspecified atom stereocenters.